The lowest BCUT2D eigenvalue weighted by Gasteiger charge is -2.01. The quantitative estimate of drug-likeness (QED) is 0.287. The number of nitrogens with one attached hydrogen (secondary N) is 2. The first-order valence-corrected chi connectivity index (χ1v) is 8.89. The van der Waals surface area contributed by atoms with Gasteiger partial charge in [0.2, 0.25) is 23.7 Å². The smallest absolute Gasteiger partial charge is 0.282 e. The summed E-state index contributed by atoms with van der Waals surface area (Å²) in [7, 11) is 0. The van der Waals surface area contributed by atoms with Gasteiger partial charge in [-0.1, -0.05) is 11.3 Å². The fourth-order valence-corrected chi connectivity index (χ4v) is 2.91. The fraction of sp³-hybridized carbons (Fsp3) is 0.214. The minimum Gasteiger partial charge on any atom is -0.454 e. The lowest BCUT2D eigenvalue weighted by Crippen LogP contribution is -2.19. The number of hydrogen-bond donors (Lipinski definition) is 2. The first kappa shape index (κ1) is 19.4. The van der Waals surface area contributed by atoms with Crippen molar-refractivity contribution < 1.29 is 24.0 Å². The maximum atomic E-state index is 11.9. The summed E-state index contributed by atoms with van der Waals surface area (Å²) in [5.41, 5.74) is 2.13. The van der Waals surface area contributed by atoms with E-state index in [9.17, 15) is 19.7 Å². The number of benzene rings is 1. The molecule has 0 aliphatic carbocycles. The Morgan fingerprint density at radius 2 is 2.07 bits per heavy atom. The summed E-state index contributed by atoms with van der Waals surface area (Å²) >= 11 is 6.38. The number of amides is 2. The van der Waals surface area contributed by atoms with Crippen LogP contribution in [0.2, 0.25) is 0 Å². The van der Waals surface area contributed by atoms with Gasteiger partial charge in [-0.05, 0) is 6.07 Å². The molecule has 1 aromatic heterocycles. The van der Waals surface area contributed by atoms with Crippen LogP contribution < -0.4 is 20.2 Å². The molecular formula is C14H11ClN6O6S. The molecule has 2 heterocycles. The standard InChI is InChI=1S/C14H11ClN6O6S/c15-4-12(23)17-14-20-19-13(28-14)3-11(22)18-16-5-7-1-9-10(27-6-26-9)2-8(7)21(24)25/h1-2,5H,3-4,6H2,(H,18,22)(H,17,20,23)/b16-5-. The van der Waals surface area contributed by atoms with Gasteiger partial charge in [0.15, 0.2) is 11.5 Å². The van der Waals surface area contributed by atoms with Crippen LogP contribution in [-0.4, -0.2) is 45.8 Å². The van der Waals surface area contributed by atoms with Gasteiger partial charge < -0.3 is 9.47 Å². The van der Waals surface area contributed by atoms with Crippen molar-refractivity contribution in [2.45, 2.75) is 6.42 Å². The van der Waals surface area contributed by atoms with Crippen LogP contribution in [0.5, 0.6) is 11.5 Å². The highest BCUT2D eigenvalue weighted by atomic mass is 35.5. The number of ether oxygens (including phenoxy) is 2. The van der Waals surface area contributed by atoms with Gasteiger partial charge in [-0.15, -0.1) is 21.8 Å². The third kappa shape index (κ3) is 4.69. The van der Waals surface area contributed by atoms with Gasteiger partial charge in [-0.25, -0.2) is 5.43 Å². The first-order chi connectivity index (χ1) is 13.5. The number of hydrogen-bond acceptors (Lipinski definition) is 10. The van der Waals surface area contributed by atoms with E-state index in [1.54, 1.807) is 0 Å². The highest BCUT2D eigenvalue weighted by Gasteiger charge is 2.22. The molecule has 146 valence electrons. The number of nitro groups is 1. The van der Waals surface area contributed by atoms with E-state index in [0.29, 0.717) is 10.8 Å². The van der Waals surface area contributed by atoms with Crippen LogP contribution in [0.1, 0.15) is 10.6 Å². The molecule has 0 spiro atoms. The van der Waals surface area contributed by atoms with Crippen LogP contribution >= 0.6 is 22.9 Å². The molecule has 1 aromatic carbocycles. The van der Waals surface area contributed by atoms with Crippen molar-refractivity contribution in [3.63, 3.8) is 0 Å². The maximum absolute atomic E-state index is 11.9. The van der Waals surface area contributed by atoms with E-state index in [-0.39, 0.29) is 41.2 Å². The summed E-state index contributed by atoms with van der Waals surface area (Å²) in [6.45, 7) is -0.0288. The molecule has 28 heavy (non-hydrogen) atoms. The van der Waals surface area contributed by atoms with Crippen molar-refractivity contribution in [3.05, 3.63) is 32.8 Å². The second-order valence-corrected chi connectivity index (χ2v) is 6.50. The Bertz CT molecular complexity index is 964. The van der Waals surface area contributed by atoms with Gasteiger partial charge >= 0.3 is 0 Å². The van der Waals surface area contributed by atoms with Gasteiger partial charge in [0.25, 0.3) is 5.69 Å². The van der Waals surface area contributed by atoms with Crippen LogP contribution in [0.15, 0.2) is 17.2 Å². The molecule has 2 N–H and O–H groups in total. The van der Waals surface area contributed by atoms with Crippen LogP contribution in [0, 0.1) is 10.1 Å². The molecule has 12 nitrogen and oxygen atoms in total. The van der Waals surface area contributed by atoms with Crippen molar-refractivity contribution in [2.75, 3.05) is 18.0 Å². The number of fused-ring (bicyclic) bond motifs is 1. The molecular weight excluding hydrogens is 416 g/mol. The van der Waals surface area contributed by atoms with E-state index >= 15 is 0 Å². The van der Waals surface area contributed by atoms with Crippen molar-refractivity contribution in [3.8, 4) is 11.5 Å². The summed E-state index contributed by atoms with van der Waals surface area (Å²) in [6, 6.07) is 2.62. The predicted molar refractivity (Wildman–Crippen MR) is 97.9 cm³/mol. The zero-order valence-corrected chi connectivity index (χ0v) is 15.5. The van der Waals surface area contributed by atoms with Crippen molar-refractivity contribution in [1.82, 2.24) is 15.6 Å². The molecule has 0 saturated heterocycles. The second-order valence-electron chi connectivity index (χ2n) is 5.17. The first-order valence-electron chi connectivity index (χ1n) is 7.54. The molecule has 2 amide bonds. The van der Waals surface area contributed by atoms with Gasteiger partial charge in [0.1, 0.15) is 10.9 Å². The Labute approximate surface area is 165 Å². The molecule has 14 heteroatoms. The number of aromatic nitrogens is 2. The van der Waals surface area contributed by atoms with Crippen LogP contribution in [0.4, 0.5) is 10.8 Å². The Balaban J connectivity index is 1.61. The summed E-state index contributed by atoms with van der Waals surface area (Å²) in [6.07, 6.45) is 0.985. The van der Waals surface area contributed by atoms with Gasteiger partial charge in [0.05, 0.1) is 29.2 Å². The number of carbonyl (C=O) groups is 2. The monoisotopic (exact) mass is 426 g/mol. The van der Waals surface area contributed by atoms with Crippen LogP contribution in [0.25, 0.3) is 0 Å². The van der Waals surface area contributed by atoms with Gasteiger partial charge in [0, 0.05) is 0 Å². The minimum atomic E-state index is -0.594. The maximum Gasteiger partial charge on any atom is 0.282 e. The number of carbonyl (C=O) groups excluding carboxylic acids is 2. The predicted octanol–water partition coefficient (Wildman–Crippen LogP) is 1.05. The lowest BCUT2D eigenvalue weighted by atomic mass is 10.1. The molecule has 0 unspecified atom stereocenters. The topological polar surface area (TPSA) is 158 Å². The third-order valence-corrected chi connectivity index (χ3v) is 4.34. The van der Waals surface area contributed by atoms with Crippen molar-refractivity contribution in [2.24, 2.45) is 5.10 Å². The molecule has 0 bridgehead atoms. The molecule has 1 aliphatic heterocycles. The van der Waals surface area contributed by atoms with Gasteiger partial charge in [-0.3, -0.25) is 25.0 Å². The van der Waals surface area contributed by atoms with E-state index in [0.717, 1.165) is 17.6 Å². The number of halogens is 1. The number of nitro benzene ring substituents is 1. The number of anilines is 1. The Morgan fingerprint density at radius 1 is 1.32 bits per heavy atom. The summed E-state index contributed by atoms with van der Waals surface area (Å²) < 4.78 is 10.3. The molecule has 3 rings (SSSR count). The zero-order valence-electron chi connectivity index (χ0n) is 13.9. The van der Waals surface area contributed by atoms with E-state index in [1.165, 1.54) is 12.1 Å². The normalized spacial score (nSPS) is 12.2. The molecule has 0 saturated carbocycles. The lowest BCUT2D eigenvalue weighted by molar-refractivity contribution is -0.385. The van der Waals surface area contributed by atoms with Crippen molar-refractivity contribution >= 4 is 51.8 Å². The van der Waals surface area contributed by atoms with E-state index in [1.807, 2.05) is 0 Å². The summed E-state index contributed by atoms with van der Waals surface area (Å²) in [5.74, 6) is -0.578. The zero-order chi connectivity index (χ0) is 20.1. The second kappa shape index (κ2) is 8.58. The Morgan fingerprint density at radius 3 is 2.79 bits per heavy atom. The molecule has 2 aromatic rings. The molecule has 0 atom stereocenters. The number of nitrogens with zero attached hydrogens (tertiary/aromatic N) is 4. The Kier molecular flexibility index (Phi) is 5.96. The van der Waals surface area contributed by atoms with E-state index in [2.05, 4.69) is 26.0 Å². The SMILES string of the molecule is O=C(Cc1nnc(NC(=O)CCl)s1)N/N=C\c1cc2c(cc1[N+](=O)[O-])OCO2. The van der Waals surface area contributed by atoms with Crippen molar-refractivity contribution in [1.29, 1.82) is 0 Å². The average molecular weight is 427 g/mol. The minimum absolute atomic E-state index is 0.0288. The number of alkyl halides is 1. The van der Waals surface area contributed by atoms with Crippen LogP contribution in [0.3, 0.4) is 0 Å². The van der Waals surface area contributed by atoms with E-state index < -0.39 is 16.7 Å². The Hall–Kier alpha value is -3.32. The van der Waals surface area contributed by atoms with E-state index in [4.69, 9.17) is 21.1 Å². The highest BCUT2D eigenvalue weighted by Crippen LogP contribution is 2.37. The van der Waals surface area contributed by atoms with Crippen LogP contribution in [-0.2, 0) is 16.0 Å². The molecule has 0 fully saturated rings. The fourth-order valence-electron chi connectivity index (χ4n) is 2.09. The third-order valence-electron chi connectivity index (χ3n) is 3.26. The van der Waals surface area contributed by atoms with Gasteiger partial charge in [-0.2, -0.15) is 5.10 Å². The molecule has 0 radical (unpaired) electrons. The number of hydrazone groups is 1. The number of rotatable bonds is 7. The molecule has 1 aliphatic rings. The summed E-state index contributed by atoms with van der Waals surface area (Å²) in [4.78, 5) is 33.7. The highest BCUT2D eigenvalue weighted by molar-refractivity contribution is 7.15. The largest absolute Gasteiger partial charge is 0.454 e. The summed E-state index contributed by atoms with van der Waals surface area (Å²) in [5, 5.41) is 25.3. The average Bonchev–Trinajstić information content (AvgIpc) is 3.29.